The van der Waals surface area contributed by atoms with Crippen molar-refractivity contribution in [2.45, 2.75) is 56.6 Å². The van der Waals surface area contributed by atoms with Crippen molar-refractivity contribution in [3.8, 4) is 5.88 Å². The van der Waals surface area contributed by atoms with Crippen LogP contribution in [0.3, 0.4) is 0 Å². The van der Waals surface area contributed by atoms with Gasteiger partial charge in [-0.25, -0.2) is 18.7 Å². The lowest BCUT2D eigenvalue weighted by atomic mass is 9.78. The van der Waals surface area contributed by atoms with E-state index in [9.17, 15) is 13.6 Å². The highest BCUT2D eigenvalue weighted by atomic mass is 19.2. The van der Waals surface area contributed by atoms with E-state index in [1.165, 1.54) is 12.4 Å². The third kappa shape index (κ3) is 4.51. The maximum Gasteiger partial charge on any atom is 0.227 e. The normalized spacial score (nSPS) is 21.5. The highest BCUT2D eigenvalue weighted by molar-refractivity contribution is 5.95. The van der Waals surface area contributed by atoms with Crippen LogP contribution < -0.4 is 14.5 Å². The molecule has 33 heavy (non-hydrogen) atoms. The average molecular weight is 459 g/mol. The van der Waals surface area contributed by atoms with E-state index >= 15 is 0 Å². The smallest absolute Gasteiger partial charge is 0.227 e. The van der Waals surface area contributed by atoms with Crippen LogP contribution in [0.1, 0.15) is 44.9 Å². The molecule has 9 heteroatoms. The van der Waals surface area contributed by atoms with Crippen LogP contribution in [0.15, 0.2) is 30.6 Å². The fraction of sp³-hybridized carbons (Fsp3) is 0.542. The summed E-state index contributed by atoms with van der Waals surface area (Å²) >= 11 is 0. The van der Waals surface area contributed by atoms with Crippen LogP contribution in [0.25, 0.3) is 0 Å². The number of nitrogens with zero attached hydrogens (tertiary/aromatic N) is 4. The molecular weight excluding hydrogens is 430 g/mol. The van der Waals surface area contributed by atoms with Gasteiger partial charge in [-0.3, -0.25) is 4.79 Å². The first-order valence-electron chi connectivity index (χ1n) is 11.6. The lowest BCUT2D eigenvalue weighted by Gasteiger charge is -2.51. The molecule has 1 aromatic heterocycles. The number of halogens is 2. The molecule has 176 valence electrons. The Morgan fingerprint density at radius 1 is 1.03 bits per heavy atom. The molecule has 1 spiro atoms. The predicted molar refractivity (Wildman–Crippen MR) is 118 cm³/mol. The number of benzene rings is 1. The van der Waals surface area contributed by atoms with Gasteiger partial charge in [-0.05, 0) is 37.8 Å². The highest BCUT2D eigenvalue weighted by Gasteiger charge is 2.45. The van der Waals surface area contributed by atoms with Crippen molar-refractivity contribution in [1.82, 2.24) is 9.97 Å². The Bertz CT molecular complexity index is 1010. The van der Waals surface area contributed by atoms with Gasteiger partial charge in [0.2, 0.25) is 11.8 Å². The zero-order chi connectivity index (χ0) is 22.8. The number of piperidine rings is 2. The van der Waals surface area contributed by atoms with Crippen molar-refractivity contribution in [3.05, 3.63) is 42.2 Å². The molecule has 0 bridgehead atoms. The Balaban J connectivity index is 1.31. The minimum Gasteiger partial charge on any atom is -0.474 e. The summed E-state index contributed by atoms with van der Waals surface area (Å²) in [5.74, 6) is -0.520. The van der Waals surface area contributed by atoms with E-state index in [1.807, 2.05) is 6.07 Å². The Morgan fingerprint density at radius 3 is 2.58 bits per heavy atom. The first kappa shape index (κ1) is 22.0. The van der Waals surface area contributed by atoms with E-state index in [-0.39, 0.29) is 12.0 Å². The topological polar surface area (TPSA) is 67.8 Å². The molecule has 2 aromatic rings. The summed E-state index contributed by atoms with van der Waals surface area (Å²) in [5.41, 5.74) is 0.0334. The number of ether oxygens (including phenoxy) is 2. The van der Waals surface area contributed by atoms with E-state index in [0.29, 0.717) is 44.3 Å². The van der Waals surface area contributed by atoms with Crippen molar-refractivity contribution < 1.29 is 23.0 Å². The molecule has 0 aliphatic carbocycles. The Kier molecular flexibility index (Phi) is 6.14. The van der Waals surface area contributed by atoms with Crippen LogP contribution in [0.2, 0.25) is 0 Å². The van der Waals surface area contributed by atoms with Gasteiger partial charge in [0.15, 0.2) is 11.6 Å². The number of hydrogen-bond donors (Lipinski definition) is 0. The van der Waals surface area contributed by atoms with E-state index < -0.39 is 17.2 Å². The Labute approximate surface area is 191 Å². The average Bonchev–Trinajstić information content (AvgIpc) is 2.83. The molecular formula is C24H28F2N4O3. The van der Waals surface area contributed by atoms with Crippen molar-refractivity contribution in [1.29, 1.82) is 0 Å². The lowest BCUT2D eigenvalue weighted by Crippen LogP contribution is -2.60. The van der Waals surface area contributed by atoms with Crippen LogP contribution in [0.5, 0.6) is 5.88 Å². The van der Waals surface area contributed by atoms with Gasteiger partial charge in [0.1, 0.15) is 18.2 Å². The molecule has 0 N–H and O–H groups in total. The molecule has 7 nitrogen and oxygen atoms in total. The maximum atomic E-state index is 14.0. The zero-order valence-corrected chi connectivity index (χ0v) is 18.5. The van der Waals surface area contributed by atoms with Crippen LogP contribution in [0, 0.1) is 11.6 Å². The third-order valence-electron chi connectivity index (χ3n) is 7.02. The summed E-state index contributed by atoms with van der Waals surface area (Å²) in [6.07, 6.45) is 6.82. The van der Waals surface area contributed by atoms with Crippen molar-refractivity contribution in [2.24, 2.45) is 0 Å². The second kappa shape index (κ2) is 9.21. The summed E-state index contributed by atoms with van der Waals surface area (Å²) in [5, 5.41) is 0. The summed E-state index contributed by atoms with van der Waals surface area (Å²) in [7, 11) is 0. The molecule has 0 radical (unpaired) electrons. The first-order chi connectivity index (χ1) is 16.0. The third-order valence-corrected chi connectivity index (χ3v) is 7.02. The first-order valence-corrected chi connectivity index (χ1v) is 11.6. The summed E-state index contributed by atoms with van der Waals surface area (Å²) in [6, 6.07) is 5.60. The van der Waals surface area contributed by atoms with Gasteiger partial charge in [-0.15, -0.1) is 0 Å². The number of rotatable bonds is 4. The molecule has 3 fully saturated rings. The monoisotopic (exact) mass is 458 g/mol. The minimum absolute atomic E-state index is 0.0325. The van der Waals surface area contributed by atoms with E-state index in [4.69, 9.17) is 9.47 Å². The van der Waals surface area contributed by atoms with Gasteiger partial charge in [0.25, 0.3) is 0 Å². The largest absolute Gasteiger partial charge is 0.474 e. The number of amides is 1. The molecule has 3 saturated heterocycles. The highest BCUT2D eigenvalue weighted by Crippen LogP contribution is 2.42. The minimum atomic E-state index is -0.934. The van der Waals surface area contributed by atoms with Crippen LogP contribution in [-0.2, 0) is 9.53 Å². The van der Waals surface area contributed by atoms with Gasteiger partial charge in [0, 0.05) is 50.2 Å². The standard InChI is InChI=1S/C24H28F2N4O3/c25-19-4-3-17(14-20(19)26)30-23(31)2-1-7-24(30)8-10-29(11-9-24)21-15-22(28-16-27-21)33-18-5-12-32-13-6-18/h3-4,14-16,18H,1-2,5-13H2. The molecule has 4 heterocycles. The molecule has 5 rings (SSSR count). The molecule has 0 unspecified atom stereocenters. The van der Waals surface area contributed by atoms with Crippen LogP contribution in [0.4, 0.5) is 20.3 Å². The Morgan fingerprint density at radius 2 is 1.82 bits per heavy atom. The van der Waals surface area contributed by atoms with Gasteiger partial charge in [-0.1, -0.05) is 0 Å². The second-order valence-corrected chi connectivity index (χ2v) is 9.04. The quantitative estimate of drug-likeness (QED) is 0.693. The van der Waals surface area contributed by atoms with Crippen molar-refractivity contribution >= 4 is 17.4 Å². The summed E-state index contributed by atoms with van der Waals surface area (Å²) < 4.78 is 38.9. The van der Waals surface area contributed by atoms with Gasteiger partial charge < -0.3 is 19.3 Å². The van der Waals surface area contributed by atoms with Crippen LogP contribution in [-0.4, -0.2) is 53.8 Å². The fourth-order valence-corrected chi connectivity index (χ4v) is 5.26. The fourth-order valence-electron chi connectivity index (χ4n) is 5.26. The number of aromatic nitrogens is 2. The number of hydrogen-bond acceptors (Lipinski definition) is 6. The number of carbonyl (C=O) groups excluding carboxylic acids is 1. The summed E-state index contributed by atoms with van der Waals surface area (Å²) in [4.78, 5) is 25.5. The van der Waals surface area contributed by atoms with E-state index in [2.05, 4.69) is 14.9 Å². The van der Waals surface area contributed by atoms with Crippen molar-refractivity contribution in [3.63, 3.8) is 0 Å². The number of anilines is 2. The Hall–Kier alpha value is -2.81. The van der Waals surface area contributed by atoms with Gasteiger partial charge in [0.05, 0.1) is 18.8 Å². The maximum absolute atomic E-state index is 14.0. The van der Waals surface area contributed by atoms with Gasteiger partial charge in [-0.2, -0.15) is 0 Å². The SMILES string of the molecule is O=C1CCCC2(CCN(c3cc(OC4CCOCC4)ncn3)CC2)N1c1ccc(F)c(F)c1. The molecule has 3 aliphatic heterocycles. The zero-order valence-electron chi connectivity index (χ0n) is 18.5. The number of carbonyl (C=O) groups is 1. The van der Waals surface area contributed by atoms with E-state index in [0.717, 1.165) is 56.5 Å². The molecule has 0 saturated carbocycles. The molecule has 3 aliphatic rings. The predicted octanol–water partition coefficient (Wildman–Crippen LogP) is 3.87. The summed E-state index contributed by atoms with van der Waals surface area (Å²) in [6.45, 7) is 2.79. The molecule has 1 amide bonds. The van der Waals surface area contributed by atoms with E-state index in [1.54, 1.807) is 4.90 Å². The molecule has 0 atom stereocenters. The van der Waals surface area contributed by atoms with Crippen LogP contribution >= 0.6 is 0 Å². The lowest BCUT2D eigenvalue weighted by molar-refractivity contribution is -0.121. The van der Waals surface area contributed by atoms with Gasteiger partial charge >= 0.3 is 0 Å². The molecule has 1 aromatic carbocycles. The second-order valence-electron chi connectivity index (χ2n) is 9.04. The van der Waals surface area contributed by atoms with Crippen molar-refractivity contribution in [2.75, 3.05) is 36.1 Å².